The van der Waals surface area contributed by atoms with Crippen molar-refractivity contribution in [1.82, 2.24) is 14.5 Å². The monoisotopic (exact) mass is 327 g/mol. The lowest BCUT2D eigenvalue weighted by atomic mass is 9.99. The van der Waals surface area contributed by atoms with E-state index in [9.17, 15) is 26.4 Å². The van der Waals surface area contributed by atoms with E-state index in [0.717, 1.165) is 10.9 Å². The molecule has 21 heavy (non-hydrogen) atoms. The lowest BCUT2D eigenvalue weighted by molar-refractivity contribution is -0.143. The van der Waals surface area contributed by atoms with Crippen LogP contribution in [0.25, 0.3) is 0 Å². The van der Waals surface area contributed by atoms with Crippen molar-refractivity contribution >= 4 is 15.9 Å². The fraction of sp³-hybridized carbons (Fsp3) is 0.636. The third-order valence-corrected chi connectivity index (χ3v) is 3.45. The molecule has 0 aliphatic rings. The number of carbonyl (C=O) groups excluding carboxylic acids is 1. The van der Waals surface area contributed by atoms with Crippen LogP contribution in [0.15, 0.2) is 0 Å². The summed E-state index contributed by atoms with van der Waals surface area (Å²) in [6, 6.07) is 0. The number of hydrogen-bond donors (Lipinski definition) is 1. The van der Waals surface area contributed by atoms with Crippen molar-refractivity contribution in [2.45, 2.75) is 39.4 Å². The van der Waals surface area contributed by atoms with Gasteiger partial charge in [-0.15, -0.1) is 0 Å². The Morgan fingerprint density at radius 1 is 1.38 bits per heavy atom. The van der Waals surface area contributed by atoms with Gasteiger partial charge in [-0.2, -0.15) is 18.3 Å². The Balaban J connectivity index is 3.11. The van der Waals surface area contributed by atoms with Gasteiger partial charge in [0.05, 0.1) is 17.9 Å². The average molecular weight is 327 g/mol. The summed E-state index contributed by atoms with van der Waals surface area (Å²) in [6.07, 6.45) is -3.61. The summed E-state index contributed by atoms with van der Waals surface area (Å²) in [5, 5.41) is 3.76. The number of sulfonamides is 1. The number of nitrogens with zero attached hydrogens (tertiary/aromatic N) is 2. The van der Waals surface area contributed by atoms with Gasteiger partial charge in [0.1, 0.15) is 6.54 Å². The highest BCUT2D eigenvalue weighted by atomic mass is 32.2. The first kappa shape index (κ1) is 17.5. The first-order valence-electron chi connectivity index (χ1n) is 5.94. The molecular weight excluding hydrogens is 311 g/mol. The van der Waals surface area contributed by atoms with Gasteiger partial charge in [0.2, 0.25) is 15.9 Å². The highest BCUT2D eigenvalue weighted by Crippen LogP contribution is 2.26. The highest BCUT2D eigenvalue weighted by Gasteiger charge is 2.32. The molecule has 0 spiro atoms. The molecule has 0 aliphatic carbocycles. The lowest BCUT2D eigenvalue weighted by Crippen LogP contribution is -2.33. The Labute approximate surface area is 120 Å². The summed E-state index contributed by atoms with van der Waals surface area (Å²) >= 11 is 0. The quantitative estimate of drug-likeness (QED) is 0.902. The molecule has 1 aromatic heterocycles. The highest BCUT2D eigenvalue weighted by molar-refractivity contribution is 7.89. The maximum Gasteiger partial charge on any atom is 0.408 e. The SMILES string of the molecule is Cc1nn(CC(F)(F)F)c(C)c1C(C)C(=O)NS(C)(=O)=O. The van der Waals surface area contributed by atoms with Gasteiger partial charge in [-0.05, 0) is 20.8 Å². The Hall–Kier alpha value is -1.58. The normalized spacial score (nSPS) is 14.0. The van der Waals surface area contributed by atoms with E-state index < -0.39 is 34.6 Å². The molecule has 0 aromatic carbocycles. The molecular formula is C11H16F3N3O3S. The predicted molar refractivity (Wildman–Crippen MR) is 69.2 cm³/mol. The predicted octanol–water partition coefficient (Wildman–Crippen LogP) is 1.24. The Morgan fingerprint density at radius 2 is 1.90 bits per heavy atom. The Kier molecular flexibility index (Phi) is 4.71. The molecule has 1 N–H and O–H groups in total. The average Bonchev–Trinajstić information content (AvgIpc) is 2.48. The number of aromatic nitrogens is 2. The zero-order chi connectivity index (χ0) is 16.6. The standard InChI is InChI=1S/C11H16F3N3O3S/c1-6(10(18)16-21(4,19)20)9-7(2)15-17(8(9)3)5-11(12,13)14/h6H,5H2,1-4H3,(H,16,18). The van der Waals surface area contributed by atoms with E-state index in [1.807, 2.05) is 0 Å². The number of carbonyl (C=O) groups is 1. The second kappa shape index (κ2) is 5.66. The molecule has 1 atom stereocenters. The number of hydrogen-bond acceptors (Lipinski definition) is 4. The van der Waals surface area contributed by atoms with Crippen LogP contribution in [-0.4, -0.2) is 36.5 Å². The van der Waals surface area contributed by atoms with Crippen LogP contribution in [0.4, 0.5) is 13.2 Å². The van der Waals surface area contributed by atoms with Gasteiger partial charge in [-0.1, -0.05) is 0 Å². The minimum Gasteiger partial charge on any atom is -0.273 e. The number of rotatable bonds is 4. The van der Waals surface area contributed by atoms with E-state index >= 15 is 0 Å². The van der Waals surface area contributed by atoms with Gasteiger partial charge in [0.25, 0.3) is 0 Å². The second-order valence-corrected chi connectivity index (χ2v) is 6.57. The van der Waals surface area contributed by atoms with E-state index in [0.29, 0.717) is 5.56 Å². The van der Waals surface area contributed by atoms with Crippen molar-refractivity contribution in [2.75, 3.05) is 6.26 Å². The first-order chi connectivity index (χ1) is 9.32. The fourth-order valence-electron chi connectivity index (χ4n) is 2.06. The lowest BCUT2D eigenvalue weighted by Gasteiger charge is -2.13. The molecule has 0 aliphatic heterocycles. The van der Waals surface area contributed by atoms with Crippen LogP contribution < -0.4 is 4.72 Å². The third-order valence-electron chi connectivity index (χ3n) is 2.88. The molecule has 6 nitrogen and oxygen atoms in total. The Morgan fingerprint density at radius 3 is 2.33 bits per heavy atom. The van der Waals surface area contributed by atoms with Gasteiger partial charge >= 0.3 is 6.18 Å². The van der Waals surface area contributed by atoms with E-state index in [4.69, 9.17) is 0 Å². The van der Waals surface area contributed by atoms with E-state index in [1.54, 1.807) is 4.72 Å². The van der Waals surface area contributed by atoms with Crippen LogP contribution in [0.2, 0.25) is 0 Å². The minimum atomic E-state index is -4.43. The molecule has 10 heteroatoms. The van der Waals surface area contributed by atoms with E-state index in [1.165, 1.54) is 20.8 Å². The molecule has 0 saturated carbocycles. The minimum absolute atomic E-state index is 0.181. The summed E-state index contributed by atoms with van der Waals surface area (Å²) < 4.78 is 61.9. The molecule has 0 saturated heterocycles. The van der Waals surface area contributed by atoms with Crippen molar-refractivity contribution < 1.29 is 26.4 Å². The van der Waals surface area contributed by atoms with Gasteiger partial charge in [-0.25, -0.2) is 8.42 Å². The topological polar surface area (TPSA) is 81.1 Å². The summed E-state index contributed by atoms with van der Waals surface area (Å²) in [5.74, 6) is -1.74. The van der Waals surface area contributed by atoms with Crippen LogP contribution in [0.3, 0.4) is 0 Å². The number of alkyl halides is 3. The van der Waals surface area contributed by atoms with E-state index in [-0.39, 0.29) is 11.4 Å². The summed E-state index contributed by atoms with van der Waals surface area (Å²) in [5.41, 5.74) is 0.731. The molecule has 1 aromatic rings. The smallest absolute Gasteiger partial charge is 0.273 e. The van der Waals surface area contributed by atoms with Gasteiger partial charge in [0, 0.05) is 11.3 Å². The molecule has 0 fully saturated rings. The molecule has 0 bridgehead atoms. The van der Waals surface area contributed by atoms with Crippen molar-refractivity contribution in [3.63, 3.8) is 0 Å². The fourth-order valence-corrected chi connectivity index (χ4v) is 2.61. The van der Waals surface area contributed by atoms with Crippen molar-refractivity contribution in [3.8, 4) is 0 Å². The number of nitrogens with one attached hydrogen (secondary N) is 1. The van der Waals surface area contributed by atoms with Gasteiger partial charge in [0.15, 0.2) is 0 Å². The zero-order valence-corrected chi connectivity index (χ0v) is 12.8. The van der Waals surface area contributed by atoms with Crippen LogP contribution >= 0.6 is 0 Å². The Bertz CT molecular complexity index is 650. The van der Waals surface area contributed by atoms with Crippen LogP contribution in [-0.2, 0) is 21.4 Å². The third kappa shape index (κ3) is 4.73. The van der Waals surface area contributed by atoms with Crippen LogP contribution in [0.5, 0.6) is 0 Å². The van der Waals surface area contributed by atoms with Crippen molar-refractivity contribution in [1.29, 1.82) is 0 Å². The molecule has 0 radical (unpaired) electrons. The molecule has 1 heterocycles. The molecule has 1 unspecified atom stereocenters. The van der Waals surface area contributed by atoms with E-state index in [2.05, 4.69) is 5.10 Å². The maximum atomic E-state index is 12.4. The molecule has 1 amide bonds. The van der Waals surface area contributed by atoms with Gasteiger partial charge < -0.3 is 0 Å². The summed E-state index contributed by atoms with van der Waals surface area (Å²) in [4.78, 5) is 11.8. The molecule has 1 rings (SSSR count). The van der Waals surface area contributed by atoms with Crippen LogP contribution in [0.1, 0.15) is 29.8 Å². The first-order valence-corrected chi connectivity index (χ1v) is 7.83. The second-order valence-electron chi connectivity index (χ2n) is 4.82. The molecule has 120 valence electrons. The summed E-state index contributed by atoms with van der Waals surface area (Å²) in [7, 11) is -3.73. The number of aryl methyl sites for hydroxylation is 1. The summed E-state index contributed by atoms with van der Waals surface area (Å²) in [6.45, 7) is 3.03. The van der Waals surface area contributed by atoms with Crippen molar-refractivity contribution in [2.24, 2.45) is 0 Å². The number of halogens is 3. The van der Waals surface area contributed by atoms with Gasteiger partial charge in [-0.3, -0.25) is 14.2 Å². The number of amides is 1. The zero-order valence-electron chi connectivity index (χ0n) is 11.9. The van der Waals surface area contributed by atoms with Crippen molar-refractivity contribution in [3.05, 3.63) is 17.0 Å². The maximum absolute atomic E-state index is 12.4. The largest absolute Gasteiger partial charge is 0.408 e. The van der Waals surface area contributed by atoms with Crippen LogP contribution in [0, 0.1) is 13.8 Å².